The third kappa shape index (κ3) is 5.69. The number of benzene rings is 1. The van der Waals surface area contributed by atoms with Crippen LogP contribution in [0.25, 0.3) is 0 Å². The number of aromatic nitrogens is 1. The lowest BCUT2D eigenvalue weighted by molar-refractivity contribution is -0.154. The van der Waals surface area contributed by atoms with Gasteiger partial charge in [0.25, 0.3) is 5.91 Å². The van der Waals surface area contributed by atoms with Crippen molar-refractivity contribution in [3.05, 3.63) is 59.8 Å². The Morgan fingerprint density at radius 2 is 1.86 bits per heavy atom. The van der Waals surface area contributed by atoms with Crippen LogP contribution >= 0.6 is 0 Å². The molecule has 1 aromatic heterocycles. The molecule has 1 fully saturated rings. The molecule has 1 atom stereocenters. The normalized spacial score (nSPS) is 16.0. The maximum Gasteiger partial charge on any atom is 0.422 e. The van der Waals surface area contributed by atoms with E-state index < -0.39 is 12.8 Å². The Balaban J connectivity index is 1.59. The molecule has 28 heavy (non-hydrogen) atoms. The number of nitrogens with one attached hydrogen (secondary N) is 1. The summed E-state index contributed by atoms with van der Waals surface area (Å²) in [7, 11) is 0. The lowest BCUT2D eigenvalue weighted by atomic mass is 10.1. The van der Waals surface area contributed by atoms with Gasteiger partial charge in [-0.15, -0.1) is 0 Å². The monoisotopic (exact) mass is 393 g/mol. The van der Waals surface area contributed by atoms with Gasteiger partial charge in [-0.25, -0.2) is 4.98 Å². The number of hydrogen-bond acceptors (Lipinski definition) is 4. The van der Waals surface area contributed by atoms with Crippen LogP contribution < -0.4 is 10.1 Å². The van der Waals surface area contributed by atoms with Crippen LogP contribution in [0.15, 0.2) is 48.7 Å². The summed E-state index contributed by atoms with van der Waals surface area (Å²) in [5.74, 6) is -0.497. The third-order valence-corrected chi connectivity index (χ3v) is 4.60. The largest absolute Gasteiger partial charge is 0.468 e. The first-order valence-corrected chi connectivity index (χ1v) is 9.15. The summed E-state index contributed by atoms with van der Waals surface area (Å²) in [4.78, 5) is 18.6. The zero-order valence-electron chi connectivity index (χ0n) is 15.3. The average molecular weight is 393 g/mol. The van der Waals surface area contributed by atoms with Gasteiger partial charge >= 0.3 is 6.18 Å². The molecule has 0 spiro atoms. The molecule has 5 nitrogen and oxygen atoms in total. The second-order valence-electron chi connectivity index (χ2n) is 6.67. The quantitative estimate of drug-likeness (QED) is 0.781. The summed E-state index contributed by atoms with van der Waals surface area (Å²) in [6, 6.07) is 12.7. The second-order valence-corrected chi connectivity index (χ2v) is 6.67. The first-order chi connectivity index (χ1) is 13.4. The number of halogens is 3. The Bertz CT molecular complexity index is 761. The summed E-state index contributed by atoms with van der Waals surface area (Å²) in [6.45, 7) is 1.000. The molecule has 1 aliphatic rings. The molecular weight excluding hydrogens is 371 g/mol. The molecule has 8 heteroatoms. The van der Waals surface area contributed by atoms with Crippen LogP contribution in [-0.2, 0) is 0 Å². The van der Waals surface area contributed by atoms with E-state index in [4.69, 9.17) is 0 Å². The molecule has 2 aromatic rings. The van der Waals surface area contributed by atoms with Crippen LogP contribution in [0.2, 0.25) is 0 Å². The fourth-order valence-electron chi connectivity index (χ4n) is 3.23. The van der Waals surface area contributed by atoms with Gasteiger partial charge in [0.1, 0.15) is 0 Å². The van der Waals surface area contributed by atoms with E-state index in [1.807, 2.05) is 30.3 Å². The first kappa shape index (κ1) is 20.1. The molecule has 1 aromatic carbocycles. The van der Waals surface area contributed by atoms with Crippen molar-refractivity contribution in [3.8, 4) is 5.88 Å². The predicted molar refractivity (Wildman–Crippen MR) is 98.1 cm³/mol. The molecule has 0 bridgehead atoms. The topological polar surface area (TPSA) is 54.5 Å². The maximum absolute atomic E-state index is 12.4. The number of nitrogens with zero attached hydrogens (tertiary/aromatic N) is 2. The predicted octanol–water partition coefficient (Wildman–Crippen LogP) is 3.59. The highest BCUT2D eigenvalue weighted by Crippen LogP contribution is 2.24. The standard InChI is InChI=1S/C20H22F3N3O2/c21-20(22,23)14-28-18-9-8-16(12-24-18)19(27)25-13-17(26-10-4-5-11-26)15-6-2-1-3-7-15/h1-3,6-9,12,17H,4-5,10-11,13-14H2,(H,25,27). The van der Waals surface area contributed by atoms with E-state index >= 15 is 0 Å². The summed E-state index contributed by atoms with van der Waals surface area (Å²) < 4.78 is 41.1. The lowest BCUT2D eigenvalue weighted by Gasteiger charge is -2.28. The van der Waals surface area contributed by atoms with Crippen LogP contribution in [-0.4, -0.2) is 48.2 Å². The van der Waals surface area contributed by atoms with Gasteiger partial charge < -0.3 is 10.1 Å². The molecule has 1 unspecified atom stereocenters. The third-order valence-electron chi connectivity index (χ3n) is 4.60. The molecular formula is C20H22F3N3O2. The van der Waals surface area contributed by atoms with Crippen molar-refractivity contribution in [2.24, 2.45) is 0 Å². The highest BCUT2D eigenvalue weighted by Gasteiger charge is 2.28. The van der Waals surface area contributed by atoms with Crippen LogP contribution in [0.5, 0.6) is 5.88 Å². The molecule has 1 amide bonds. The second kappa shape index (κ2) is 9.05. The number of carbonyl (C=O) groups is 1. The Morgan fingerprint density at radius 1 is 1.14 bits per heavy atom. The summed E-state index contributed by atoms with van der Waals surface area (Å²) >= 11 is 0. The number of pyridine rings is 1. The highest BCUT2D eigenvalue weighted by atomic mass is 19.4. The summed E-state index contributed by atoms with van der Waals surface area (Å²) in [5.41, 5.74) is 1.41. The molecule has 2 heterocycles. The zero-order chi connectivity index (χ0) is 20.0. The van der Waals surface area contributed by atoms with E-state index in [2.05, 4.69) is 19.9 Å². The molecule has 1 aliphatic heterocycles. The summed E-state index contributed by atoms with van der Waals surface area (Å²) in [6.07, 6.45) is -0.935. The van der Waals surface area contributed by atoms with E-state index in [1.165, 1.54) is 18.3 Å². The fourth-order valence-corrected chi connectivity index (χ4v) is 3.23. The molecule has 3 rings (SSSR count). The van der Waals surface area contributed by atoms with Gasteiger partial charge in [-0.2, -0.15) is 13.2 Å². The number of carbonyl (C=O) groups excluding carboxylic acids is 1. The minimum absolute atomic E-state index is 0.0787. The fraction of sp³-hybridized carbons (Fsp3) is 0.400. The number of rotatable bonds is 7. The van der Waals surface area contributed by atoms with E-state index in [-0.39, 0.29) is 23.4 Å². The smallest absolute Gasteiger partial charge is 0.422 e. The molecule has 0 saturated carbocycles. The van der Waals surface area contributed by atoms with Crippen molar-refractivity contribution in [2.75, 3.05) is 26.2 Å². The Kier molecular flexibility index (Phi) is 6.51. The molecule has 1 saturated heterocycles. The Morgan fingerprint density at radius 3 is 2.46 bits per heavy atom. The molecule has 150 valence electrons. The van der Waals surface area contributed by atoms with Gasteiger partial charge in [0, 0.05) is 18.8 Å². The van der Waals surface area contributed by atoms with Crippen LogP contribution in [0, 0.1) is 0 Å². The number of alkyl halides is 3. The van der Waals surface area contributed by atoms with Gasteiger partial charge in [-0.05, 0) is 37.6 Å². The van der Waals surface area contributed by atoms with Crippen molar-refractivity contribution in [1.29, 1.82) is 0 Å². The number of likely N-dealkylation sites (tertiary alicyclic amines) is 1. The molecule has 0 aliphatic carbocycles. The van der Waals surface area contributed by atoms with Gasteiger partial charge in [-0.1, -0.05) is 30.3 Å². The van der Waals surface area contributed by atoms with Gasteiger partial charge in [0.15, 0.2) is 6.61 Å². The van der Waals surface area contributed by atoms with Gasteiger partial charge in [-0.3, -0.25) is 9.69 Å². The summed E-state index contributed by atoms with van der Waals surface area (Å²) in [5, 5.41) is 2.91. The van der Waals surface area contributed by atoms with Crippen LogP contribution in [0.1, 0.15) is 34.8 Å². The van der Waals surface area contributed by atoms with Crippen molar-refractivity contribution in [2.45, 2.75) is 25.1 Å². The number of amides is 1. The lowest BCUT2D eigenvalue weighted by Crippen LogP contribution is -2.36. The number of ether oxygens (including phenoxy) is 1. The SMILES string of the molecule is O=C(NCC(c1ccccc1)N1CCCC1)c1ccc(OCC(F)(F)F)nc1. The zero-order valence-corrected chi connectivity index (χ0v) is 15.3. The van der Waals surface area contributed by atoms with Crippen LogP contribution in [0.4, 0.5) is 13.2 Å². The average Bonchev–Trinajstić information content (AvgIpc) is 3.21. The Labute approximate surface area is 161 Å². The van der Waals surface area contributed by atoms with Gasteiger partial charge in [0.2, 0.25) is 5.88 Å². The van der Waals surface area contributed by atoms with Crippen molar-refractivity contribution < 1.29 is 22.7 Å². The van der Waals surface area contributed by atoms with Crippen molar-refractivity contribution in [1.82, 2.24) is 15.2 Å². The highest BCUT2D eigenvalue weighted by molar-refractivity contribution is 5.93. The van der Waals surface area contributed by atoms with E-state index in [1.54, 1.807) is 0 Å². The Hall–Kier alpha value is -2.61. The maximum atomic E-state index is 12.4. The van der Waals surface area contributed by atoms with Gasteiger partial charge in [0.05, 0.1) is 11.6 Å². The van der Waals surface area contributed by atoms with Crippen molar-refractivity contribution in [3.63, 3.8) is 0 Å². The minimum atomic E-state index is -4.43. The van der Waals surface area contributed by atoms with E-state index in [9.17, 15) is 18.0 Å². The molecule has 0 radical (unpaired) electrons. The van der Waals surface area contributed by atoms with E-state index in [0.717, 1.165) is 31.5 Å². The van der Waals surface area contributed by atoms with Crippen molar-refractivity contribution >= 4 is 5.91 Å². The van der Waals surface area contributed by atoms with Crippen LogP contribution in [0.3, 0.4) is 0 Å². The van der Waals surface area contributed by atoms with E-state index in [0.29, 0.717) is 6.54 Å². The number of hydrogen-bond donors (Lipinski definition) is 1. The first-order valence-electron chi connectivity index (χ1n) is 9.15. The minimum Gasteiger partial charge on any atom is -0.468 e. The molecule has 1 N–H and O–H groups in total.